The Morgan fingerprint density at radius 2 is 0.909 bits per heavy atom. The molecular formula is C27H24S6. The average Bonchev–Trinajstić information content (AvgIpc) is 2.85. The second-order valence-electron chi connectivity index (χ2n) is 7.09. The van der Waals surface area contributed by atoms with E-state index in [1.807, 2.05) is 47.0 Å². The Morgan fingerprint density at radius 3 is 1.36 bits per heavy atom. The van der Waals surface area contributed by atoms with E-state index in [0.29, 0.717) is 0 Å². The minimum atomic E-state index is 0.756. The molecule has 0 saturated carbocycles. The predicted molar refractivity (Wildman–Crippen MR) is 156 cm³/mol. The summed E-state index contributed by atoms with van der Waals surface area (Å²) in [6.07, 6.45) is 0. The van der Waals surface area contributed by atoms with Gasteiger partial charge in [-0.2, -0.15) is 25.3 Å². The first-order valence-corrected chi connectivity index (χ1v) is 15.3. The van der Waals surface area contributed by atoms with E-state index in [-0.39, 0.29) is 0 Å². The third-order valence-corrected chi connectivity index (χ3v) is 9.82. The zero-order valence-corrected chi connectivity index (χ0v) is 22.9. The Bertz CT molecular complexity index is 1100. The molecule has 0 aromatic heterocycles. The molecule has 0 saturated heterocycles. The highest BCUT2D eigenvalue weighted by molar-refractivity contribution is 8.16. The summed E-state index contributed by atoms with van der Waals surface area (Å²) >= 11 is 16.3. The van der Waals surface area contributed by atoms with Gasteiger partial charge in [0, 0.05) is 46.0 Å². The molecule has 4 rings (SSSR count). The zero-order chi connectivity index (χ0) is 22.9. The first-order chi connectivity index (χ1) is 16.2. The first kappa shape index (κ1) is 25.1. The summed E-state index contributed by atoms with van der Waals surface area (Å²) in [5.41, 5.74) is 2.54. The van der Waals surface area contributed by atoms with Crippen LogP contribution < -0.4 is 0 Å². The molecule has 0 fully saturated rings. The lowest BCUT2D eigenvalue weighted by Gasteiger charge is -2.09. The third kappa shape index (κ3) is 7.48. The molecule has 0 N–H and O–H groups in total. The second-order valence-corrected chi connectivity index (χ2v) is 12.4. The average molecular weight is 541 g/mol. The van der Waals surface area contributed by atoms with Gasteiger partial charge in [0.2, 0.25) is 0 Å². The molecule has 4 aromatic carbocycles. The highest BCUT2D eigenvalue weighted by Gasteiger charge is 2.06. The molecule has 168 valence electrons. The summed E-state index contributed by atoms with van der Waals surface area (Å²) in [5.74, 6) is 1.51. The highest BCUT2D eigenvalue weighted by atomic mass is 32.2. The van der Waals surface area contributed by atoms with Crippen LogP contribution in [0.1, 0.15) is 11.1 Å². The van der Waals surface area contributed by atoms with Crippen molar-refractivity contribution in [3.63, 3.8) is 0 Å². The van der Waals surface area contributed by atoms with Crippen LogP contribution in [0.25, 0.3) is 0 Å². The van der Waals surface area contributed by atoms with Crippen molar-refractivity contribution in [3.8, 4) is 0 Å². The summed E-state index contributed by atoms with van der Waals surface area (Å²) < 4.78 is 0. The quantitative estimate of drug-likeness (QED) is 0.117. The Labute approximate surface area is 225 Å². The molecule has 33 heavy (non-hydrogen) atoms. The number of rotatable bonds is 10. The van der Waals surface area contributed by atoms with Crippen molar-refractivity contribution in [2.45, 2.75) is 40.9 Å². The summed E-state index contributed by atoms with van der Waals surface area (Å²) in [5, 5.41) is 0.975. The van der Waals surface area contributed by atoms with Gasteiger partial charge in [0.05, 0.1) is 0 Å². The molecule has 0 aliphatic carbocycles. The molecule has 0 aliphatic heterocycles. The van der Waals surface area contributed by atoms with Crippen molar-refractivity contribution in [2.24, 2.45) is 0 Å². The molecule has 0 nitrogen and oxygen atoms in total. The maximum Gasteiger partial charge on any atom is 0.0486 e. The largest absolute Gasteiger partial charge is 0.175 e. The van der Waals surface area contributed by atoms with E-state index >= 15 is 0 Å². The number of thiol groups is 2. The summed E-state index contributed by atoms with van der Waals surface area (Å²) in [4.78, 5) is 7.67. The van der Waals surface area contributed by atoms with Crippen LogP contribution in [0.3, 0.4) is 0 Å². The topological polar surface area (TPSA) is 0 Å². The molecule has 0 radical (unpaired) electrons. The van der Waals surface area contributed by atoms with E-state index in [1.54, 1.807) is 0 Å². The Balaban J connectivity index is 1.35. The zero-order valence-electron chi connectivity index (χ0n) is 17.9. The minimum absolute atomic E-state index is 0.756. The van der Waals surface area contributed by atoms with Crippen LogP contribution in [0.2, 0.25) is 0 Å². The van der Waals surface area contributed by atoms with Crippen molar-refractivity contribution in [2.75, 3.05) is 5.08 Å². The third-order valence-electron chi connectivity index (χ3n) is 4.80. The van der Waals surface area contributed by atoms with Crippen LogP contribution in [0, 0.1) is 0 Å². The van der Waals surface area contributed by atoms with Crippen molar-refractivity contribution in [1.82, 2.24) is 0 Å². The SMILES string of the molecule is SCc1ccccc1Sc1cccc(SCSc2cccc(Sc3ccccc3CS)c2)c1. The summed E-state index contributed by atoms with van der Waals surface area (Å²) in [7, 11) is 0. The van der Waals surface area contributed by atoms with Crippen molar-refractivity contribution >= 4 is 72.3 Å². The fourth-order valence-electron chi connectivity index (χ4n) is 3.14. The van der Waals surface area contributed by atoms with Gasteiger partial charge in [-0.3, -0.25) is 0 Å². The van der Waals surface area contributed by atoms with Crippen LogP contribution in [0.4, 0.5) is 0 Å². The van der Waals surface area contributed by atoms with Gasteiger partial charge in [-0.25, -0.2) is 0 Å². The Hall–Kier alpha value is -1.02. The van der Waals surface area contributed by atoms with Crippen LogP contribution in [0.5, 0.6) is 0 Å². The maximum absolute atomic E-state index is 4.47. The van der Waals surface area contributed by atoms with Crippen LogP contribution >= 0.6 is 72.3 Å². The first-order valence-electron chi connectivity index (χ1n) is 10.4. The summed E-state index contributed by atoms with van der Waals surface area (Å²) in [6, 6.07) is 34.6. The van der Waals surface area contributed by atoms with Crippen molar-refractivity contribution in [3.05, 3.63) is 108 Å². The molecule has 0 spiro atoms. The van der Waals surface area contributed by atoms with Gasteiger partial charge in [-0.05, 0) is 59.7 Å². The molecule has 0 heterocycles. The van der Waals surface area contributed by atoms with Crippen LogP contribution in [0.15, 0.2) is 126 Å². The van der Waals surface area contributed by atoms with Gasteiger partial charge in [0.25, 0.3) is 0 Å². The molecule has 0 bridgehead atoms. The minimum Gasteiger partial charge on any atom is -0.175 e. The van der Waals surface area contributed by atoms with E-state index in [1.165, 1.54) is 40.5 Å². The molecule has 0 atom stereocenters. The lowest BCUT2D eigenvalue weighted by molar-refractivity contribution is 1.26. The highest BCUT2D eigenvalue weighted by Crippen LogP contribution is 2.36. The van der Waals surface area contributed by atoms with Crippen molar-refractivity contribution in [1.29, 1.82) is 0 Å². The second kappa shape index (κ2) is 13.2. The number of hydrogen-bond acceptors (Lipinski definition) is 6. The van der Waals surface area contributed by atoms with E-state index in [9.17, 15) is 0 Å². The molecule has 4 aromatic rings. The molecule has 6 heteroatoms. The molecule has 0 aliphatic rings. The fourth-order valence-corrected chi connectivity index (χ4v) is 8.16. The normalized spacial score (nSPS) is 11.0. The standard InChI is InChI=1S/C27H24S6/c28-17-20-7-1-3-13-26(20)32-24-11-5-9-22(15-24)30-19-31-23-10-6-12-25(16-23)33-27-14-4-2-8-21(27)18-29/h1-16,28-29H,17-19H2. The number of hydrogen-bond donors (Lipinski definition) is 2. The van der Waals surface area contributed by atoms with Gasteiger partial charge < -0.3 is 0 Å². The number of benzene rings is 4. The lowest BCUT2D eigenvalue weighted by Crippen LogP contribution is -1.84. The van der Waals surface area contributed by atoms with Gasteiger partial charge in [0.1, 0.15) is 0 Å². The van der Waals surface area contributed by atoms with Crippen LogP contribution in [-0.4, -0.2) is 5.08 Å². The van der Waals surface area contributed by atoms with Gasteiger partial charge in [-0.1, -0.05) is 72.1 Å². The van der Waals surface area contributed by atoms with E-state index < -0.39 is 0 Å². The lowest BCUT2D eigenvalue weighted by atomic mass is 10.2. The smallest absolute Gasteiger partial charge is 0.0486 e. The summed E-state index contributed by atoms with van der Waals surface area (Å²) in [6.45, 7) is 0. The number of thioether (sulfide) groups is 2. The predicted octanol–water partition coefficient (Wildman–Crippen LogP) is 9.69. The molecule has 0 amide bonds. The Morgan fingerprint density at radius 1 is 0.485 bits per heavy atom. The van der Waals surface area contributed by atoms with E-state index in [4.69, 9.17) is 0 Å². The van der Waals surface area contributed by atoms with Crippen molar-refractivity contribution < 1.29 is 0 Å². The van der Waals surface area contributed by atoms with Crippen LogP contribution in [-0.2, 0) is 11.5 Å². The van der Waals surface area contributed by atoms with Gasteiger partial charge >= 0.3 is 0 Å². The molecular weight excluding hydrogens is 517 g/mol. The monoisotopic (exact) mass is 540 g/mol. The molecule has 0 unspecified atom stereocenters. The van der Waals surface area contributed by atoms with Gasteiger partial charge in [0.15, 0.2) is 0 Å². The Kier molecular flexibility index (Phi) is 10.0. The fraction of sp³-hybridized carbons (Fsp3) is 0.111. The van der Waals surface area contributed by atoms with Gasteiger partial charge in [-0.15, -0.1) is 23.5 Å². The van der Waals surface area contributed by atoms with E-state index in [2.05, 4.69) is 122 Å². The maximum atomic E-state index is 4.47. The van der Waals surface area contributed by atoms with E-state index in [0.717, 1.165) is 16.6 Å².